The zero-order valence-corrected chi connectivity index (χ0v) is 12.8. The molecule has 1 aromatic rings. The number of fused-ring (bicyclic) bond motifs is 1. The molecule has 2 atom stereocenters. The van der Waals surface area contributed by atoms with E-state index in [9.17, 15) is 9.90 Å². The van der Waals surface area contributed by atoms with Crippen LogP contribution in [0, 0.1) is 5.92 Å². The molecule has 4 nitrogen and oxygen atoms in total. The number of carbonyl (C=O) groups is 1. The number of nitrogens with one attached hydrogen (secondary N) is 1. The first-order valence-electron chi connectivity index (χ1n) is 7.82. The van der Waals surface area contributed by atoms with Crippen molar-refractivity contribution in [3.05, 3.63) is 29.8 Å². The average Bonchev–Trinajstić information content (AvgIpc) is 2.46. The van der Waals surface area contributed by atoms with Crippen molar-refractivity contribution in [3.63, 3.8) is 0 Å². The molecule has 1 aromatic carbocycles. The highest BCUT2D eigenvalue weighted by molar-refractivity contribution is 5.81. The van der Waals surface area contributed by atoms with Crippen LogP contribution in [0.3, 0.4) is 0 Å². The molecule has 2 N–H and O–H groups in total. The average molecular weight is 288 g/mol. The molecular weight excluding hydrogens is 264 g/mol. The minimum Gasteiger partial charge on any atom is -0.390 e. The van der Waals surface area contributed by atoms with E-state index >= 15 is 0 Å². The topological polar surface area (TPSA) is 52.6 Å². The van der Waals surface area contributed by atoms with Crippen LogP contribution < -0.4 is 5.32 Å². The monoisotopic (exact) mass is 288 g/mol. The fraction of sp³-hybridized carbons (Fsp3) is 0.588. The summed E-state index contributed by atoms with van der Waals surface area (Å²) < 4.78 is 0. The lowest BCUT2D eigenvalue weighted by Crippen LogP contribution is -2.50. The summed E-state index contributed by atoms with van der Waals surface area (Å²) in [5.41, 5.74) is 1.76. The van der Waals surface area contributed by atoms with Crippen LogP contribution in [0.25, 0.3) is 0 Å². The lowest BCUT2D eigenvalue weighted by molar-refractivity contribution is -0.139. The normalized spacial score (nSPS) is 27.7. The molecule has 0 aromatic heterocycles. The molecule has 2 heterocycles. The van der Waals surface area contributed by atoms with Crippen molar-refractivity contribution in [2.24, 2.45) is 5.92 Å². The number of benzene rings is 1. The van der Waals surface area contributed by atoms with Gasteiger partial charge < -0.3 is 15.3 Å². The molecule has 0 aliphatic carbocycles. The number of piperidine rings is 1. The maximum atomic E-state index is 12.8. The minimum atomic E-state index is -0.611. The predicted octanol–water partition coefficient (Wildman–Crippen LogP) is 2.03. The van der Waals surface area contributed by atoms with Gasteiger partial charge in [0.05, 0.1) is 11.5 Å². The molecule has 0 spiro atoms. The molecule has 21 heavy (non-hydrogen) atoms. The van der Waals surface area contributed by atoms with E-state index in [4.69, 9.17) is 0 Å². The van der Waals surface area contributed by atoms with E-state index in [1.165, 1.54) is 5.56 Å². The summed E-state index contributed by atoms with van der Waals surface area (Å²) >= 11 is 0. The fourth-order valence-electron chi connectivity index (χ4n) is 3.34. The van der Waals surface area contributed by atoms with Crippen LogP contribution in [-0.2, 0) is 11.2 Å². The van der Waals surface area contributed by atoms with Gasteiger partial charge in [0.1, 0.15) is 0 Å². The van der Waals surface area contributed by atoms with Crippen LogP contribution >= 0.6 is 0 Å². The number of aliphatic hydroxyl groups is 1. The second kappa shape index (κ2) is 5.34. The molecule has 1 saturated heterocycles. The van der Waals surface area contributed by atoms with Crippen LogP contribution in [-0.4, -0.2) is 40.6 Å². The van der Waals surface area contributed by atoms with Crippen molar-refractivity contribution in [2.45, 2.75) is 44.8 Å². The number of hydrogen-bond donors (Lipinski definition) is 2. The van der Waals surface area contributed by atoms with Crippen molar-refractivity contribution in [1.82, 2.24) is 4.90 Å². The zero-order valence-electron chi connectivity index (χ0n) is 12.8. The molecular formula is C17H24N2O2. The maximum absolute atomic E-state index is 12.8. The zero-order chi connectivity index (χ0) is 15.0. The first-order valence-corrected chi connectivity index (χ1v) is 7.82. The Kier molecular flexibility index (Phi) is 3.66. The van der Waals surface area contributed by atoms with Crippen LogP contribution in [0.4, 0.5) is 5.69 Å². The van der Waals surface area contributed by atoms with E-state index in [-0.39, 0.29) is 17.9 Å². The van der Waals surface area contributed by atoms with Crippen molar-refractivity contribution in [2.75, 3.05) is 18.4 Å². The highest BCUT2D eigenvalue weighted by atomic mass is 16.3. The number of rotatable bonds is 1. The number of amides is 1. The van der Waals surface area contributed by atoms with E-state index in [0.717, 1.165) is 12.1 Å². The number of carbonyl (C=O) groups excluding carboxylic acids is 1. The lowest BCUT2D eigenvalue weighted by Gasteiger charge is -2.40. The molecule has 4 heteroatoms. The van der Waals surface area contributed by atoms with Gasteiger partial charge in [-0.1, -0.05) is 18.2 Å². The van der Waals surface area contributed by atoms with Crippen molar-refractivity contribution in [1.29, 1.82) is 0 Å². The lowest BCUT2D eigenvalue weighted by atomic mass is 9.85. The van der Waals surface area contributed by atoms with Gasteiger partial charge in [-0.15, -0.1) is 0 Å². The Morgan fingerprint density at radius 3 is 2.71 bits per heavy atom. The van der Waals surface area contributed by atoms with E-state index in [1.807, 2.05) is 24.0 Å². The van der Waals surface area contributed by atoms with E-state index in [2.05, 4.69) is 24.4 Å². The van der Waals surface area contributed by atoms with Gasteiger partial charge in [-0.2, -0.15) is 0 Å². The molecule has 2 unspecified atom stereocenters. The highest BCUT2D eigenvalue weighted by Gasteiger charge is 2.36. The summed E-state index contributed by atoms with van der Waals surface area (Å²) in [7, 11) is 0. The third-order valence-electron chi connectivity index (χ3n) is 4.91. The van der Waals surface area contributed by atoms with Crippen LogP contribution in [0.5, 0.6) is 0 Å². The summed E-state index contributed by atoms with van der Waals surface area (Å²) in [5.74, 6) is 0.211. The predicted molar refractivity (Wildman–Crippen MR) is 83.2 cm³/mol. The molecule has 114 valence electrons. The Morgan fingerprint density at radius 2 is 2.00 bits per heavy atom. The first kappa shape index (κ1) is 14.4. The van der Waals surface area contributed by atoms with Gasteiger partial charge in [0.15, 0.2) is 0 Å². The molecule has 0 radical (unpaired) electrons. The molecule has 0 bridgehead atoms. The molecule has 1 amide bonds. The Labute approximate surface area is 126 Å². The van der Waals surface area contributed by atoms with Crippen LogP contribution in [0.1, 0.15) is 32.3 Å². The Bertz CT molecular complexity index is 531. The summed E-state index contributed by atoms with van der Waals surface area (Å²) in [5, 5.41) is 13.5. The van der Waals surface area contributed by atoms with Crippen molar-refractivity contribution in [3.8, 4) is 0 Å². The van der Waals surface area contributed by atoms with E-state index in [1.54, 1.807) is 0 Å². The van der Waals surface area contributed by atoms with Crippen LogP contribution in [0.15, 0.2) is 24.3 Å². The molecule has 0 saturated carbocycles. The second-order valence-corrected chi connectivity index (χ2v) is 6.72. The third kappa shape index (κ3) is 2.91. The van der Waals surface area contributed by atoms with Gasteiger partial charge in [-0.05, 0) is 44.7 Å². The maximum Gasteiger partial charge on any atom is 0.228 e. The summed E-state index contributed by atoms with van der Waals surface area (Å²) in [6.07, 6.45) is 2.14. The molecule has 3 rings (SSSR count). The molecule has 1 fully saturated rings. The Balaban J connectivity index is 1.71. The summed E-state index contributed by atoms with van der Waals surface area (Å²) in [6.45, 7) is 5.27. The number of likely N-dealkylation sites (tertiary alicyclic amines) is 1. The molecule has 2 aliphatic rings. The summed E-state index contributed by atoms with van der Waals surface area (Å²) in [4.78, 5) is 14.7. The SMILES string of the molecule is CC1Nc2ccccc2CC1C(=O)N1CCC(C)(O)CC1. The smallest absolute Gasteiger partial charge is 0.228 e. The molecule has 2 aliphatic heterocycles. The number of nitrogens with zero attached hydrogens (tertiary/aromatic N) is 1. The number of anilines is 1. The fourth-order valence-corrected chi connectivity index (χ4v) is 3.34. The van der Waals surface area contributed by atoms with Gasteiger partial charge in [0, 0.05) is 24.8 Å². The second-order valence-electron chi connectivity index (χ2n) is 6.72. The van der Waals surface area contributed by atoms with Gasteiger partial charge in [0.2, 0.25) is 5.91 Å². The summed E-state index contributed by atoms with van der Waals surface area (Å²) in [6, 6.07) is 8.36. The van der Waals surface area contributed by atoms with Gasteiger partial charge in [-0.25, -0.2) is 0 Å². The number of para-hydroxylation sites is 1. The van der Waals surface area contributed by atoms with Gasteiger partial charge in [-0.3, -0.25) is 4.79 Å². The van der Waals surface area contributed by atoms with Gasteiger partial charge in [0.25, 0.3) is 0 Å². The van der Waals surface area contributed by atoms with Crippen molar-refractivity contribution >= 4 is 11.6 Å². The highest BCUT2D eigenvalue weighted by Crippen LogP contribution is 2.30. The largest absolute Gasteiger partial charge is 0.390 e. The Morgan fingerprint density at radius 1 is 1.33 bits per heavy atom. The number of hydrogen-bond acceptors (Lipinski definition) is 3. The van der Waals surface area contributed by atoms with Gasteiger partial charge >= 0.3 is 0 Å². The van der Waals surface area contributed by atoms with Crippen LogP contribution in [0.2, 0.25) is 0 Å². The van der Waals surface area contributed by atoms with E-state index in [0.29, 0.717) is 25.9 Å². The minimum absolute atomic E-state index is 0.0112. The Hall–Kier alpha value is -1.55. The quantitative estimate of drug-likeness (QED) is 0.831. The first-order chi connectivity index (χ1) is 9.96. The van der Waals surface area contributed by atoms with Crippen molar-refractivity contribution < 1.29 is 9.90 Å². The third-order valence-corrected chi connectivity index (χ3v) is 4.91. The van der Waals surface area contributed by atoms with E-state index < -0.39 is 5.60 Å². The standard InChI is InChI=1S/C17H24N2O2/c1-12-14(11-13-5-3-4-6-15(13)18-12)16(20)19-9-7-17(2,21)8-10-19/h3-6,12,14,18,21H,7-11H2,1-2H3.